The van der Waals surface area contributed by atoms with Crippen LogP contribution in [0.1, 0.15) is 51.9 Å². The topological polar surface area (TPSA) is 29.9 Å². The molecule has 0 saturated heterocycles. The van der Waals surface area contributed by atoms with Crippen LogP contribution in [0.5, 0.6) is 0 Å². The average molecular weight is 286 g/mol. The maximum atomic E-state index is 6.47. The monoisotopic (exact) mass is 285 g/mol. The predicted molar refractivity (Wildman–Crippen MR) is 82.9 cm³/mol. The Balaban J connectivity index is 2.92. The van der Waals surface area contributed by atoms with Crippen LogP contribution in [0, 0.1) is 5.41 Å². The molecule has 0 aliphatic carbocycles. The van der Waals surface area contributed by atoms with Crippen molar-refractivity contribution in [2.45, 2.75) is 53.4 Å². The van der Waals surface area contributed by atoms with E-state index in [4.69, 9.17) is 11.6 Å². The lowest BCUT2D eigenvalue weighted by Gasteiger charge is -2.30. The van der Waals surface area contributed by atoms with Crippen molar-refractivity contribution >= 4 is 11.6 Å². The van der Waals surface area contributed by atoms with Gasteiger partial charge in [-0.15, -0.1) is 0 Å². The third-order valence-electron chi connectivity index (χ3n) is 3.75. The highest BCUT2D eigenvalue weighted by Crippen LogP contribution is 2.32. The summed E-state index contributed by atoms with van der Waals surface area (Å²) in [5.74, 6) is 0. The Hall–Kier alpha value is -0.540. The lowest BCUT2D eigenvalue weighted by atomic mass is 9.81. The minimum Gasteiger partial charge on any atom is -0.316 e. The molecule has 1 unspecified atom stereocenters. The fourth-order valence-electron chi connectivity index (χ4n) is 2.69. The van der Waals surface area contributed by atoms with E-state index in [1.165, 1.54) is 18.5 Å². The van der Waals surface area contributed by atoms with Crippen molar-refractivity contribution in [3.63, 3.8) is 0 Å². The zero-order valence-electron chi connectivity index (χ0n) is 13.0. The second kappa shape index (κ2) is 7.30. The lowest BCUT2D eigenvalue weighted by molar-refractivity contribution is 0.271. The average Bonchev–Trinajstić information content (AvgIpc) is 2.64. The third kappa shape index (κ3) is 4.22. The highest BCUT2D eigenvalue weighted by atomic mass is 35.5. The zero-order chi connectivity index (χ0) is 14.5. The summed E-state index contributed by atoms with van der Waals surface area (Å²) in [5.41, 5.74) is 2.43. The Kier molecular flexibility index (Phi) is 6.34. The van der Waals surface area contributed by atoms with Crippen LogP contribution in [0.2, 0.25) is 5.02 Å². The number of halogens is 1. The molecule has 0 amide bonds. The summed E-state index contributed by atoms with van der Waals surface area (Å²) in [6.07, 6.45) is 4.27. The standard InChI is InChI=1S/C15H28ClN3/c1-6-9-15(4,11-17-8-3)10-13-14(16)12(7-2)18-19(13)5/h17H,6-11H2,1-5H3. The van der Waals surface area contributed by atoms with Crippen LogP contribution in [0.4, 0.5) is 0 Å². The number of hydrogen-bond donors (Lipinski definition) is 1. The molecule has 1 atom stereocenters. The first-order chi connectivity index (χ1) is 8.97. The maximum Gasteiger partial charge on any atom is 0.0849 e. The molecule has 0 radical (unpaired) electrons. The van der Waals surface area contributed by atoms with Gasteiger partial charge in [0.15, 0.2) is 0 Å². The summed E-state index contributed by atoms with van der Waals surface area (Å²) in [7, 11) is 2.00. The second-order valence-corrected chi connectivity index (χ2v) is 6.08. The number of nitrogens with zero attached hydrogens (tertiary/aromatic N) is 2. The first kappa shape index (κ1) is 16.5. The molecule has 4 heteroatoms. The van der Waals surface area contributed by atoms with E-state index >= 15 is 0 Å². The van der Waals surface area contributed by atoms with E-state index in [9.17, 15) is 0 Å². The van der Waals surface area contributed by atoms with Crippen molar-refractivity contribution in [3.05, 3.63) is 16.4 Å². The van der Waals surface area contributed by atoms with E-state index in [0.717, 1.165) is 36.6 Å². The SMILES string of the molecule is CCCC(C)(CNCC)Cc1c(Cl)c(CC)nn1C. The Morgan fingerprint density at radius 3 is 2.47 bits per heavy atom. The molecule has 0 aliphatic heterocycles. The van der Waals surface area contributed by atoms with Crippen molar-refractivity contribution in [2.24, 2.45) is 12.5 Å². The molecular formula is C15H28ClN3. The van der Waals surface area contributed by atoms with E-state index < -0.39 is 0 Å². The van der Waals surface area contributed by atoms with E-state index in [0.29, 0.717) is 0 Å². The third-order valence-corrected chi connectivity index (χ3v) is 4.19. The number of aromatic nitrogens is 2. The van der Waals surface area contributed by atoms with Crippen LogP contribution in [-0.2, 0) is 19.9 Å². The molecule has 1 aromatic heterocycles. The van der Waals surface area contributed by atoms with E-state index in [1.807, 2.05) is 11.7 Å². The molecular weight excluding hydrogens is 258 g/mol. The van der Waals surface area contributed by atoms with E-state index in [-0.39, 0.29) is 5.41 Å². The van der Waals surface area contributed by atoms with Crippen molar-refractivity contribution in [2.75, 3.05) is 13.1 Å². The van der Waals surface area contributed by atoms with Gasteiger partial charge in [-0.2, -0.15) is 5.10 Å². The second-order valence-electron chi connectivity index (χ2n) is 5.70. The number of hydrogen-bond acceptors (Lipinski definition) is 2. The van der Waals surface area contributed by atoms with Gasteiger partial charge in [-0.1, -0.05) is 45.7 Å². The number of nitrogens with one attached hydrogen (secondary N) is 1. The maximum absolute atomic E-state index is 6.47. The van der Waals surface area contributed by atoms with Gasteiger partial charge in [-0.3, -0.25) is 4.68 Å². The largest absolute Gasteiger partial charge is 0.316 e. The molecule has 0 aromatic carbocycles. The molecule has 0 spiro atoms. The summed E-state index contributed by atoms with van der Waals surface area (Å²) in [6.45, 7) is 10.9. The summed E-state index contributed by atoms with van der Waals surface area (Å²) in [5, 5.41) is 8.86. The van der Waals surface area contributed by atoms with Crippen molar-refractivity contribution < 1.29 is 0 Å². The van der Waals surface area contributed by atoms with E-state index in [2.05, 4.69) is 38.1 Å². The molecule has 0 bridgehead atoms. The normalized spacial score (nSPS) is 14.6. The Morgan fingerprint density at radius 2 is 2.00 bits per heavy atom. The smallest absolute Gasteiger partial charge is 0.0849 e. The Bertz CT molecular complexity index is 400. The summed E-state index contributed by atoms with van der Waals surface area (Å²) >= 11 is 6.47. The van der Waals surface area contributed by atoms with Crippen LogP contribution in [0.25, 0.3) is 0 Å². The first-order valence-corrected chi connectivity index (χ1v) is 7.76. The fourth-order valence-corrected chi connectivity index (χ4v) is 3.05. The summed E-state index contributed by atoms with van der Waals surface area (Å²) in [6, 6.07) is 0. The van der Waals surface area contributed by atoms with E-state index in [1.54, 1.807) is 0 Å². The Morgan fingerprint density at radius 1 is 1.32 bits per heavy atom. The van der Waals surface area contributed by atoms with Crippen molar-refractivity contribution in [1.82, 2.24) is 15.1 Å². The first-order valence-electron chi connectivity index (χ1n) is 7.38. The van der Waals surface area contributed by atoms with Gasteiger partial charge in [0.05, 0.1) is 16.4 Å². The Labute approximate surface area is 122 Å². The molecule has 0 aliphatic rings. The van der Waals surface area contributed by atoms with Crippen molar-refractivity contribution in [3.8, 4) is 0 Å². The molecule has 110 valence electrons. The van der Waals surface area contributed by atoms with Gasteiger partial charge in [0.1, 0.15) is 0 Å². The molecule has 1 rings (SSSR count). The van der Waals surface area contributed by atoms with Gasteiger partial charge in [0.25, 0.3) is 0 Å². The molecule has 1 N–H and O–H groups in total. The molecule has 3 nitrogen and oxygen atoms in total. The van der Waals surface area contributed by atoms with Gasteiger partial charge >= 0.3 is 0 Å². The van der Waals surface area contributed by atoms with Gasteiger partial charge in [-0.25, -0.2) is 0 Å². The molecule has 19 heavy (non-hydrogen) atoms. The zero-order valence-corrected chi connectivity index (χ0v) is 13.8. The number of aryl methyl sites for hydroxylation is 2. The minimum atomic E-state index is 0.243. The number of rotatable bonds is 8. The van der Waals surface area contributed by atoms with Gasteiger partial charge < -0.3 is 5.32 Å². The highest BCUT2D eigenvalue weighted by molar-refractivity contribution is 6.31. The quantitative estimate of drug-likeness (QED) is 0.791. The fraction of sp³-hybridized carbons (Fsp3) is 0.800. The highest BCUT2D eigenvalue weighted by Gasteiger charge is 2.27. The summed E-state index contributed by atoms with van der Waals surface area (Å²) < 4.78 is 1.96. The minimum absolute atomic E-state index is 0.243. The van der Waals surface area contributed by atoms with Crippen molar-refractivity contribution in [1.29, 1.82) is 0 Å². The van der Waals surface area contributed by atoms with Gasteiger partial charge in [0, 0.05) is 13.6 Å². The molecule has 1 aromatic rings. The predicted octanol–water partition coefficient (Wildman–Crippen LogP) is 3.59. The lowest BCUT2D eigenvalue weighted by Crippen LogP contribution is -2.34. The summed E-state index contributed by atoms with van der Waals surface area (Å²) in [4.78, 5) is 0. The van der Waals surface area contributed by atoms with Crippen LogP contribution < -0.4 is 5.32 Å². The molecule has 1 heterocycles. The van der Waals surface area contributed by atoms with Gasteiger partial charge in [0.2, 0.25) is 0 Å². The van der Waals surface area contributed by atoms with Crippen LogP contribution in [0.3, 0.4) is 0 Å². The van der Waals surface area contributed by atoms with Crippen LogP contribution in [0.15, 0.2) is 0 Å². The molecule has 0 fully saturated rings. The van der Waals surface area contributed by atoms with Crippen LogP contribution in [-0.4, -0.2) is 22.9 Å². The molecule has 0 saturated carbocycles. The van der Waals surface area contributed by atoms with Gasteiger partial charge in [-0.05, 0) is 31.2 Å². The van der Waals surface area contributed by atoms with Crippen LogP contribution >= 0.6 is 11.6 Å².